The van der Waals surface area contributed by atoms with Crippen LogP contribution in [0.25, 0.3) is 0 Å². The second-order valence-corrected chi connectivity index (χ2v) is 6.54. The fraction of sp³-hybridized carbons (Fsp3) is 0.500. The molecule has 0 radical (unpaired) electrons. The average Bonchev–Trinajstić information content (AvgIpc) is 2.52. The summed E-state index contributed by atoms with van der Waals surface area (Å²) in [6.07, 6.45) is -1.10. The maximum Gasteiger partial charge on any atom is 0.344 e. The lowest BCUT2D eigenvalue weighted by atomic mass is 9.87. The first-order chi connectivity index (χ1) is 11.6. The van der Waals surface area contributed by atoms with Crippen molar-refractivity contribution in [2.75, 3.05) is 13.2 Å². The Kier molecular flexibility index (Phi) is 7.42. The molecular weight excluding hydrogens is 324 g/mol. The van der Waals surface area contributed by atoms with Gasteiger partial charge < -0.3 is 14.8 Å². The summed E-state index contributed by atoms with van der Waals surface area (Å²) in [6, 6.07) is 6.79. The van der Waals surface area contributed by atoms with E-state index in [4.69, 9.17) is 9.47 Å². The van der Waals surface area contributed by atoms with Gasteiger partial charge >= 0.3 is 12.0 Å². The van der Waals surface area contributed by atoms with E-state index in [0.717, 1.165) is 5.56 Å². The van der Waals surface area contributed by atoms with Crippen molar-refractivity contribution in [2.45, 2.75) is 46.1 Å². The van der Waals surface area contributed by atoms with Gasteiger partial charge in [-0.2, -0.15) is 0 Å². The smallest absolute Gasteiger partial charge is 0.344 e. The Morgan fingerprint density at radius 3 is 2.24 bits per heavy atom. The summed E-state index contributed by atoms with van der Waals surface area (Å²) in [5, 5.41) is 4.48. The first kappa shape index (κ1) is 20.5. The molecule has 25 heavy (non-hydrogen) atoms. The van der Waals surface area contributed by atoms with Gasteiger partial charge in [0, 0.05) is 6.54 Å². The summed E-state index contributed by atoms with van der Waals surface area (Å²) in [6.45, 7) is 9.47. The zero-order chi connectivity index (χ0) is 19.0. The number of rotatable bonds is 6. The summed E-state index contributed by atoms with van der Waals surface area (Å²) in [7, 11) is 0. The number of hydrogen-bond donors (Lipinski definition) is 2. The summed E-state index contributed by atoms with van der Waals surface area (Å²) in [5.41, 5.74) is 1.18. The van der Waals surface area contributed by atoms with Gasteiger partial charge in [-0.3, -0.25) is 10.1 Å². The summed E-state index contributed by atoms with van der Waals surface area (Å²) >= 11 is 0. The molecule has 0 aliphatic heterocycles. The van der Waals surface area contributed by atoms with Crippen LogP contribution in [0.2, 0.25) is 0 Å². The van der Waals surface area contributed by atoms with Crippen molar-refractivity contribution in [3.05, 3.63) is 29.8 Å². The highest BCUT2D eigenvalue weighted by Crippen LogP contribution is 2.24. The quantitative estimate of drug-likeness (QED) is 0.767. The summed E-state index contributed by atoms with van der Waals surface area (Å²) < 4.78 is 10.3. The molecule has 0 bridgehead atoms. The van der Waals surface area contributed by atoms with Gasteiger partial charge in [-0.05, 0) is 37.0 Å². The predicted molar refractivity (Wildman–Crippen MR) is 93.4 cm³/mol. The van der Waals surface area contributed by atoms with Gasteiger partial charge in [-0.1, -0.05) is 32.9 Å². The largest absolute Gasteiger partial charge is 0.482 e. The Morgan fingerprint density at radius 2 is 1.72 bits per heavy atom. The van der Waals surface area contributed by atoms with E-state index in [0.29, 0.717) is 12.3 Å². The molecule has 1 unspecified atom stereocenters. The van der Waals surface area contributed by atoms with Gasteiger partial charge in [0.2, 0.25) is 0 Å². The Labute approximate surface area is 148 Å². The number of hydrogen-bond acceptors (Lipinski definition) is 5. The Balaban J connectivity index is 2.44. The van der Waals surface area contributed by atoms with Crippen molar-refractivity contribution < 1.29 is 23.9 Å². The molecule has 0 fully saturated rings. The Hall–Kier alpha value is -2.57. The molecule has 0 heterocycles. The van der Waals surface area contributed by atoms with E-state index in [1.807, 2.05) is 12.1 Å². The zero-order valence-electron chi connectivity index (χ0n) is 15.3. The third-order valence-corrected chi connectivity index (χ3v) is 3.33. The number of carbonyl (C=O) groups excluding carboxylic acids is 3. The number of esters is 1. The highest BCUT2D eigenvalue weighted by molar-refractivity contribution is 5.97. The topological polar surface area (TPSA) is 93.7 Å². The fourth-order valence-electron chi connectivity index (χ4n) is 1.90. The van der Waals surface area contributed by atoms with Gasteiger partial charge in [-0.15, -0.1) is 0 Å². The van der Waals surface area contributed by atoms with E-state index in [1.165, 1.54) is 6.92 Å². The van der Waals surface area contributed by atoms with Gasteiger partial charge in [0.15, 0.2) is 12.7 Å². The first-order valence-corrected chi connectivity index (χ1v) is 8.15. The lowest BCUT2D eigenvalue weighted by Gasteiger charge is -2.19. The van der Waals surface area contributed by atoms with Crippen molar-refractivity contribution >= 4 is 17.9 Å². The highest BCUT2D eigenvalue weighted by atomic mass is 16.6. The van der Waals surface area contributed by atoms with Gasteiger partial charge in [0.25, 0.3) is 5.91 Å². The van der Waals surface area contributed by atoms with E-state index in [9.17, 15) is 14.4 Å². The van der Waals surface area contributed by atoms with Gasteiger partial charge in [-0.25, -0.2) is 9.59 Å². The van der Waals surface area contributed by atoms with Crippen LogP contribution in [0.15, 0.2) is 24.3 Å². The molecule has 7 nitrogen and oxygen atoms in total. The van der Waals surface area contributed by atoms with Crippen LogP contribution in [-0.2, 0) is 19.7 Å². The minimum absolute atomic E-state index is 0.0321. The first-order valence-electron chi connectivity index (χ1n) is 8.15. The van der Waals surface area contributed by atoms with Crippen molar-refractivity contribution in [2.24, 2.45) is 0 Å². The van der Waals surface area contributed by atoms with E-state index in [1.54, 1.807) is 19.1 Å². The fourth-order valence-corrected chi connectivity index (χ4v) is 1.90. The molecule has 0 aliphatic rings. The molecule has 3 amide bonds. The molecule has 1 aromatic carbocycles. The number of carbonyl (C=O) groups is 3. The van der Waals surface area contributed by atoms with Gasteiger partial charge in [0.1, 0.15) is 5.75 Å². The van der Waals surface area contributed by atoms with E-state index in [-0.39, 0.29) is 12.0 Å². The minimum Gasteiger partial charge on any atom is -0.482 e. The summed E-state index contributed by atoms with van der Waals surface area (Å²) in [4.78, 5) is 34.7. The van der Waals surface area contributed by atoms with Crippen LogP contribution in [0.5, 0.6) is 5.75 Å². The third-order valence-electron chi connectivity index (χ3n) is 3.33. The molecule has 0 aromatic heterocycles. The summed E-state index contributed by atoms with van der Waals surface area (Å²) in [5.74, 6) is -0.864. The van der Waals surface area contributed by atoms with Gasteiger partial charge in [0.05, 0.1) is 0 Å². The maximum absolute atomic E-state index is 11.7. The third kappa shape index (κ3) is 7.24. The molecule has 0 saturated heterocycles. The van der Waals surface area contributed by atoms with Crippen molar-refractivity contribution in [3.8, 4) is 5.75 Å². The standard InChI is InChI=1S/C18H26N2O5/c1-6-19-17(23)20-16(22)12(2)25-15(21)11-24-14-9-7-13(8-10-14)18(3,4)5/h7-10,12H,6,11H2,1-5H3,(H2,19,20,22,23). The molecule has 1 atom stereocenters. The van der Waals surface area contributed by atoms with Crippen LogP contribution in [0.1, 0.15) is 40.2 Å². The normalized spacial score (nSPS) is 12.0. The van der Waals surface area contributed by atoms with E-state index >= 15 is 0 Å². The molecular formula is C18H26N2O5. The number of urea groups is 1. The van der Waals surface area contributed by atoms with E-state index in [2.05, 4.69) is 31.4 Å². The number of ether oxygens (including phenoxy) is 2. The van der Waals surface area contributed by atoms with Crippen LogP contribution < -0.4 is 15.4 Å². The molecule has 0 spiro atoms. The molecule has 1 aromatic rings. The van der Waals surface area contributed by atoms with Crippen LogP contribution in [0, 0.1) is 0 Å². The molecule has 138 valence electrons. The molecule has 0 saturated carbocycles. The number of nitrogens with one attached hydrogen (secondary N) is 2. The van der Waals surface area contributed by atoms with Crippen LogP contribution in [-0.4, -0.2) is 37.2 Å². The Morgan fingerprint density at radius 1 is 1.12 bits per heavy atom. The second-order valence-electron chi connectivity index (χ2n) is 6.54. The lowest BCUT2D eigenvalue weighted by molar-refractivity contribution is -0.156. The maximum atomic E-state index is 11.7. The molecule has 0 aliphatic carbocycles. The second kappa shape index (κ2) is 9.05. The lowest BCUT2D eigenvalue weighted by Crippen LogP contribution is -2.44. The highest BCUT2D eigenvalue weighted by Gasteiger charge is 2.20. The zero-order valence-corrected chi connectivity index (χ0v) is 15.3. The Bertz CT molecular complexity index is 605. The molecule has 1 rings (SSSR count). The van der Waals surface area contributed by atoms with Crippen molar-refractivity contribution in [1.82, 2.24) is 10.6 Å². The number of benzene rings is 1. The monoisotopic (exact) mass is 350 g/mol. The van der Waals surface area contributed by atoms with Crippen molar-refractivity contribution in [3.63, 3.8) is 0 Å². The van der Waals surface area contributed by atoms with Crippen molar-refractivity contribution in [1.29, 1.82) is 0 Å². The molecule has 7 heteroatoms. The van der Waals surface area contributed by atoms with Crippen LogP contribution in [0.4, 0.5) is 4.79 Å². The average molecular weight is 350 g/mol. The van der Waals surface area contributed by atoms with Crippen LogP contribution >= 0.6 is 0 Å². The molecule has 2 N–H and O–H groups in total. The van der Waals surface area contributed by atoms with Crippen LogP contribution in [0.3, 0.4) is 0 Å². The minimum atomic E-state index is -1.10. The SMILES string of the molecule is CCNC(=O)NC(=O)C(C)OC(=O)COc1ccc(C(C)(C)C)cc1. The number of imide groups is 1. The van der Waals surface area contributed by atoms with E-state index < -0.39 is 24.0 Å². The predicted octanol–water partition coefficient (Wildman–Crippen LogP) is 2.14. The number of amides is 3.